The smallest absolute Gasteiger partial charge is 0.271 e. The number of anilines is 1. The lowest BCUT2D eigenvalue weighted by Crippen LogP contribution is -2.19. The van der Waals surface area contributed by atoms with Crippen LogP contribution >= 0.6 is 0 Å². The summed E-state index contributed by atoms with van der Waals surface area (Å²) in [5, 5.41) is 6.23. The second-order valence-corrected chi connectivity index (χ2v) is 5.60. The highest BCUT2D eigenvalue weighted by molar-refractivity contribution is 6.05. The highest BCUT2D eigenvalue weighted by atomic mass is 19.3. The van der Waals surface area contributed by atoms with Gasteiger partial charge in [0.2, 0.25) is 0 Å². The molecule has 0 unspecified atom stereocenters. The molecule has 0 spiro atoms. The fourth-order valence-corrected chi connectivity index (χ4v) is 2.47. The molecule has 0 aliphatic heterocycles. The van der Waals surface area contributed by atoms with E-state index in [1.165, 1.54) is 36.5 Å². The van der Waals surface area contributed by atoms with Crippen molar-refractivity contribution in [3.8, 4) is 5.69 Å². The molecule has 0 radical (unpaired) electrons. The van der Waals surface area contributed by atoms with Gasteiger partial charge in [-0.15, -0.1) is 5.10 Å². The molecule has 0 atom stereocenters. The summed E-state index contributed by atoms with van der Waals surface area (Å²) < 4.78 is 55.8. The molecule has 1 heterocycles. The Labute approximate surface area is 146 Å². The summed E-state index contributed by atoms with van der Waals surface area (Å²) in [6, 6.07) is 9.92. The van der Waals surface area contributed by atoms with Crippen LogP contribution in [0.3, 0.4) is 0 Å². The van der Waals surface area contributed by atoms with Crippen LogP contribution in [0.5, 0.6) is 0 Å². The first-order valence-corrected chi connectivity index (χ1v) is 7.56. The molecule has 0 aliphatic rings. The minimum atomic E-state index is -3.20. The molecule has 2 aromatic carbocycles. The third-order valence-electron chi connectivity index (χ3n) is 3.64. The van der Waals surface area contributed by atoms with Gasteiger partial charge in [-0.05, 0) is 18.2 Å². The number of hydrogen-bond donors (Lipinski definition) is 1. The van der Waals surface area contributed by atoms with Crippen LogP contribution in [0, 0.1) is 11.6 Å². The number of alkyl halides is 2. The monoisotopic (exact) mass is 363 g/mol. The summed E-state index contributed by atoms with van der Waals surface area (Å²) in [5.74, 6) is -5.71. The molecule has 3 rings (SSSR count). The van der Waals surface area contributed by atoms with Gasteiger partial charge in [0.25, 0.3) is 11.8 Å². The van der Waals surface area contributed by atoms with Gasteiger partial charge >= 0.3 is 0 Å². The lowest BCUT2D eigenvalue weighted by atomic mass is 10.0. The van der Waals surface area contributed by atoms with Crippen molar-refractivity contribution in [2.24, 2.45) is 0 Å². The second kappa shape index (κ2) is 6.62. The third kappa shape index (κ3) is 3.44. The zero-order chi connectivity index (χ0) is 18.9. The first kappa shape index (κ1) is 17.7. The van der Waals surface area contributed by atoms with Gasteiger partial charge in [0.1, 0.15) is 5.69 Å². The van der Waals surface area contributed by atoms with E-state index in [1.54, 1.807) is 0 Å². The SMILES string of the molecule is CC(F)(F)c1ccccc1C(=O)Nc1ccn(-c2c(F)cccc2F)n1. The molecule has 0 saturated heterocycles. The summed E-state index contributed by atoms with van der Waals surface area (Å²) in [7, 11) is 0. The van der Waals surface area contributed by atoms with Gasteiger partial charge < -0.3 is 5.32 Å². The maximum Gasteiger partial charge on any atom is 0.271 e. The number of rotatable bonds is 4. The van der Waals surface area contributed by atoms with E-state index in [-0.39, 0.29) is 11.4 Å². The Morgan fingerprint density at radius 3 is 2.35 bits per heavy atom. The summed E-state index contributed by atoms with van der Waals surface area (Å²) in [5.41, 5.74) is -1.06. The van der Waals surface area contributed by atoms with Gasteiger partial charge in [0.15, 0.2) is 17.5 Å². The molecule has 0 fully saturated rings. The molecule has 0 aliphatic carbocycles. The number of nitrogens with one attached hydrogen (secondary N) is 1. The lowest BCUT2D eigenvalue weighted by molar-refractivity contribution is 0.0165. The Bertz CT molecular complexity index is 943. The van der Waals surface area contributed by atoms with Crippen molar-refractivity contribution in [3.63, 3.8) is 0 Å². The number of carbonyl (C=O) groups is 1. The Balaban J connectivity index is 1.88. The molecule has 4 nitrogen and oxygen atoms in total. The predicted octanol–water partition coefficient (Wildman–Crippen LogP) is 4.51. The summed E-state index contributed by atoms with van der Waals surface area (Å²) in [6.07, 6.45) is 1.25. The number of hydrogen-bond acceptors (Lipinski definition) is 2. The highest BCUT2D eigenvalue weighted by Crippen LogP contribution is 2.30. The number of nitrogens with zero attached hydrogens (tertiary/aromatic N) is 2. The second-order valence-electron chi connectivity index (χ2n) is 5.60. The molecule has 8 heteroatoms. The van der Waals surface area contributed by atoms with Crippen LogP contribution in [0.25, 0.3) is 5.69 Å². The molecule has 1 aromatic heterocycles. The van der Waals surface area contributed by atoms with Crippen LogP contribution in [-0.4, -0.2) is 15.7 Å². The van der Waals surface area contributed by atoms with Gasteiger partial charge in [0, 0.05) is 30.3 Å². The van der Waals surface area contributed by atoms with Crippen LogP contribution in [-0.2, 0) is 5.92 Å². The van der Waals surface area contributed by atoms with Crippen LogP contribution in [0.4, 0.5) is 23.4 Å². The normalized spacial score (nSPS) is 11.4. The van der Waals surface area contributed by atoms with Crippen LogP contribution in [0.1, 0.15) is 22.8 Å². The van der Waals surface area contributed by atoms with E-state index < -0.39 is 34.7 Å². The van der Waals surface area contributed by atoms with Gasteiger partial charge in [-0.25, -0.2) is 22.2 Å². The number of amides is 1. The van der Waals surface area contributed by atoms with Crippen molar-refractivity contribution >= 4 is 11.7 Å². The fourth-order valence-electron chi connectivity index (χ4n) is 2.47. The van der Waals surface area contributed by atoms with E-state index in [0.29, 0.717) is 6.92 Å². The van der Waals surface area contributed by atoms with Crippen molar-refractivity contribution in [2.45, 2.75) is 12.8 Å². The van der Waals surface area contributed by atoms with E-state index in [0.717, 1.165) is 22.9 Å². The molecule has 1 amide bonds. The highest BCUT2D eigenvalue weighted by Gasteiger charge is 2.29. The topological polar surface area (TPSA) is 46.9 Å². The average Bonchev–Trinajstić information content (AvgIpc) is 3.02. The molecule has 134 valence electrons. The van der Waals surface area contributed by atoms with E-state index in [9.17, 15) is 22.4 Å². The first-order valence-electron chi connectivity index (χ1n) is 7.56. The van der Waals surface area contributed by atoms with Crippen molar-refractivity contribution in [1.29, 1.82) is 0 Å². The Morgan fingerprint density at radius 1 is 1.04 bits per heavy atom. The van der Waals surface area contributed by atoms with E-state index in [2.05, 4.69) is 10.4 Å². The largest absolute Gasteiger partial charge is 0.305 e. The average molecular weight is 363 g/mol. The number of halogens is 4. The molecule has 1 N–H and O–H groups in total. The predicted molar refractivity (Wildman–Crippen MR) is 87.4 cm³/mol. The number of benzene rings is 2. The molecular weight excluding hydrogens is 350 g/mol. The molecular formula is C18H13F4N3O. The van der Waals surface area contributed by atoms with Gasteiger partial charge in [-0.3, -0.25) is 4.79 Å². The van der Waals surface area contributed by atoms with E-state index >= 15 is 0 Å². The molecule has 3 aromatic rings. The number of para-hydroxylation sites is 1. The molecule has 0 saturated carbocycles. The molecule has 26 heavy (non-hydrogen) atoms. The van der Waals surface area contributed by atoms with Gasteiger partial charge in [-0.2, -0.15) is 0 Å². The lowest BCUT2D eigenvalue weighted by Gasteiger charge is -2.14. The third-order valence-corrected chi connectivity index (χ3v) is 3.64. The standard InChI is InChI=1S/C18H13F4N3O/c1-18(21,22)12-6-3-2-5-11(12)17(26)23-15-9-10-25(24-15)16-13(19)7-4-8-14(16)20/h2-10H,1H3,(H,23,24,26). The quantitative estimate of drug-likeness (QED) is 0.693. The van der Waals surface area contributed by atoms with Crippen LogP contribution in [0.15, 0.2) is 54.7 Å². The van der Waals surface area contributed by atoms with Crippen molar-refractivity contribution in [3.05, 3.63) is 77.5 Å². The Hall–Kier alpha value is -3.16. The Morgan fingerprint density at radius 2 is 1.69 bits per heavy atom. The van der Waals surface area contributed by atoms with Gasteiger partial charge in [-0.1, -0.05) is 24.3 Å². The molecule has 0 bridgehead atoms. The van der Waals surface area contributed by atoms with E-state index in [1.807, 2.05) is 0 Å². The minimum absolute atomic E-state index is 0.0353. The zero-order valence-electron chi connectivity index (χ0n) is 13.5. The number of carbonyl (C=O) groups excluding carboxylic acids is 1. The fraction of sp³-hybridized carbons (Fsp3) is 0.111. The summed E-state index contributed by atoms with van der Waals surface area (Å²) in [4.78, 5) is 12.3. The first-order chi connectivity index (χ1) is 12.3. The summed E-state index contributed by atoms with van der Waals surface area (Å²) in [6.45, 7) is 0.689. The van der Waals surface area contributed by atoms with Crippen molar-refractivity contribution < 1.29 is 22.4 Å². The van der Waals surface area contributed by atoms with Crippen molar-refractivity contribution in [2.75, 3.05) is 5.32 Å². The maximum absolute atomic E-state index is 13.8. The van der Waals surface area contributed by atoms with E-state index in [4.69, 9.17) is 0 Å². The zero-order valence-corrected chi connectivity index (χ0v) is 13.5. The summed E-state index contributed by atoms with van der Waals surface area (Å²) >= 11 is 0. The minimum Gasteiger partial charge on any atom is -0.305 e. The van der Waals surface area contributed by atoms with Crippen LogP contribution in [0.2, 0.25) is 0 Å². The van der Waals surface area contributed by atoms with Crippen LogP contribution < -0.4 is 5.32 Å². The number of aromatic nitrogens is 2. The maximum atomic E-state index is 13.8. The van der Waals surface area contributed by atoms with Gasteiger partial charge in [0.05, 0.1) is 0 Å². The van der Waals surface area contributed by atoms with Crippen molar-refractivity contribution in [1.82, 2.24) is 9.78 Å². The Kier molecular flexibility index (Phi) is 4.50.